The molecule has 1 heterocycles. The Labute approximate surface area is 234 Å². The summed E-state index contributed by atoms with van der Waals surface area (Å²) in [6.45, 7) is 3.69. The number of hydrogen-bond acceptors (Lipinski definition) is 5. The van der Waals surface area contributed by atoms with Crippen LogP contribution in [0.5, 0.6) is 11.5 Å². The van der Waals surface area contributed by atoms with Crippen molar-refractivity contribution in [1.82, 2.24) is 20.9 Å². The number of nitrogens with zero attached hydrogens (tertiary/aromatic N) is 3. The molecule has 0 radical (unpaired) electrons. The predicted molar refractivity (Wildman–Crippen MR) is 154 cm³/mol. The second-order valence-electron chi connectivity index (χ2n) is 9.38. The molecule has 0 spiro atoms. The van der Waals surface area contributed by atoms with Crippen molar-refractivity contribution in [1.29, 1.82) is 5.26 Å². The van der Waals surface area contributed by atoms with Gasteiger partial charge in [0.05, 0.1) is 5.69 Å². The topological polar surface area (TPSA) is 102 Å². The molecule has 0 aliphatic carbocycles. The van der Waals surface area contributed by atoms with Gasteiger partial charge in [-0.25, -0.2) is 4.99 Å². The van der Waals surface area contributed by atoms with Gasteiger partial charge >= 0.3 is 0 Å². The van der Waals surface area contributed by atoms with Crippen molar-refractivity contribution < 1.29 is 9.53 Å². The molecule has 3 aromatic rings. The summed E-state index contributed by atoms with van der Waals surface area (Å²) in [6, 6.07) is 24.0. The van der Waals surface area contributed by atoms with Gasteiger partial charge in [-0.3, -0.25) is 10.1 Å². The maximum absolute atomic E-state index is 12.8. The Morgan fingerprint density at radius 3 is 2.33 bits per heavy atom. The fraction of sp³-hybridized carbons (Fsp3) is 0.300. The molecule has 3 N–H and O–H groups in total. The third kappa shape index (κ3) is 9.64. The van der Waals surface area contributed by atoms with Gasteiger partial charge in [0.2, 0.25) is 11.9 Å². The summed E-state index contributed by atoms with van der Waals surface area (Å²) >= 11 is 5.94. The Balaban J connectivity index is 1.40. The van der Waals surface area contributed by atoms with E-state index < -0.39 is 0 Å². The van der Waals surface area contributed by atoms with Gasteiger partial charge in [0.25, 0.3) is 0 Å². The average molecular weight is 545 g/mol. The third-order valence-corrected chi connectivity index (χ3v) is 6.60. The molecule has 0 unspecified atom stereocenters. The Morgan fingerprint density at radius 2 is 1.67 bits per heavy atom. The van der Waals surface area contributed by atoms with Crippen LogP contribution in [-0.2, 0) is 11.2 Å². The summed E-state index contributed by atoms with van der Waals surface area (Å²) < 4.78 is 5.84. The lowest BCUT2D eigenvalue weighted by Crippen LogP contribution is -2.45. The number of halogens is 1. The lowest BCUT2D eigenvalue weighted by Gasteiger charge is -2.21. The van der Waals surface area contributed by atoms with Crippen LogP contribution in [0.4, 0.5) is 5.69 Å². The minimum absolute atomic E-state index is 0.0392. The molecular weight excluding hydrogens is 512 g/mol. The summed E-state index contributed by atoms with van der Waals surface area (Å²) in [4.78, 5) is 19.7. The van der Waals surface area contributed by atoms with Crippen LogP contribution in [0.15, 0.2) is 83.9 Å². The molecule has 8 nitrogen and oxygen atoms in total. The highest BCUT2D eigenvalue weighted by Crippen LogP contribution is 2.25. The zero-order valence-corrected chi connectivity index (χ0v) is 22.5. The van der Waals surface area contributed by atoms with E-state index in [4.69, 9.17) is 16.3 Å². The molecule has 1 aliphatic rings. The largest absolute Gasteiger partial charge is 0.457 e. The molecule has 1 fully saturated rings. The van der Waals surface area contributed by atoms with Crippen LogP contribution in [0.25, 0.3) is 0 Å². The molecule has 4 rings (SSSR count). The lowest BCUT2D eigenvalue weighted by atomic mass is 10.0. The highest BCUT2D eigenvalue weighted by Gasteiger charge is 2.17. The number of carbonyl (C=O) groups is 1. The molecule has 0 aromatic heterocycles. The van der Waals surface area contributed by atoms with Crippen LogP contribution in [0.3, 0.4) is 0 Å². The van der Waals surface area contributed by atoms with Crippen molar-refractivity contribution in [3.8, 4) is 17.7 Å². The summed E-state index contributed by atoms with van der Waals surface area (Å²) in [7, 11) is 0. The third-order valence-electron chi connectivity index (χ3n) is 6.35. The standard InChI is InChI=1S/C30H33ClN6O2/c31-24-8-12-27(13-9-24)39-28-14-10-25(11-15-28)35-30(34-22-32)36-26(20-23-6-2-1-3-7-23)21-29(38)33-16-19-37-17-4-5-18-37/h1-3,6-15,26H,4-5,16-21H2,(H,33,38)(H2,34,35,36)/t26-/m0/s1. The van der Waals surface area contributed by atoms with Gasteiger partial charge < -0.3 is 20.3 Å². The van der Waals surface area contributed by atoms with E-state index in [9.17, 15) is 10.1 Å². The zero-order chi connectivity index (χ0) is 27.3. The number of carbonyl (C=O) groups excluding carboxylic acids is 1. The average Bonchev–Trinajstić information content (AvgIpc) is 3.45. The molecule has 0 saturated carbocycles. The zero-order valence-electron chi connectivity index (χ0n) is 21.8. The van der Waals surface area contributed by atoms with Gasteiger partial charge in [-0.05, 0) is 86.4 Å². The smallest absolute Gasteiger partial charge is 0.222 e. The van der Waals surface area contributed by atoms with E-state index >= 15 is 0 Å². The molecular formula is C30H33ClN6O2. The van der Waals surface area contributed by atoms with Crippen LogP contribution in [0, 0.1) is 11.5 Å². The van der Waals surface area contributed by atoms with Crippen LogP contribution >= 0.6 is 11.6 Å². The number of hydrogen-bond donors (Lipinski definition) is 3. The summed E-state index contributed by atoms with van der Waals surface area (Å²) in [6.07, 6.45) is 5.23. The summed E-state index contributed by atoms with van der Waals surface area (Å²) in [5.74, 6) is 1.55. The maximum atomic E-state index is 12.8. The Kier molecular flexibility index (Phi) is 10.6. The van der Waals surface area contributed by atoms with Crippen molar-refractivity contribution in [2.45, 2.75) is 31.7 Å². The molecule has 1 saturated heterocycles. The monoisotopic (exact) mass is 544 g/mol. The van der Waals surface area contributed by atoms with Crippen molar-refractivity contribution in [2.75, 3.05) is 26.2 Å². The van der Waals surface area contributed by atoms with E-state index in [1.807, 2.05) is 36.5 Å². The molecule has 39 heavy (non-hydrogen) atoms. The first-order valence-electron chi connectivity index (χ1n) is 13.1. The van der Waals surface area contributed by atoms with Gasteiger partial charge in [0.15, 0.2) is 6.19 Å². The van der Waals surface area contributed by atoms with Crippen molar-refractivity contribution in [2.24, 2.45) is 4.99 Å². The first-order chi connectivity index (χ1) is 19.1. The molecule has 0 bridgehead atoms. The van der Waals surface area contributed by atoms with Crippen LogP contribution in [0.1, 0.15) is 24.8 Å². The van der Waals surface area contributed by atoms with E-state index in [-0.39, 0.29) is 24.3 Å². The summed E-state index contributed by atoms with van der Waals surface area (Å²) in [5.41, 5.74) is 1.71. The lowest BCUT2D eigenvalue weighted by molar-refractivity contribution is -0.121. The van der Waals surface area contributed by atoms with Crippen molar-refractivity contribution >= 4 is 29.2 Å². The Hall–Kier alpha value is -4.06. The Morgan fingerprint density at radius 1 is 1.00 bits per heavy atom. The summed E-state index contributed by atoms with van der Waals surface area (Å²) in [5, 5.41) is 18.9. The van der Waals surface area contributed by atoms with Crippen LogP contribution < -0.4 is 20.7 Å². The molecule has 202 valence electrons. The molecule has 1 amide bonds. The number of nitriles is 1. The van der Waals surface area contributed by atoms with Gasteiger partial charge in [-0.2, -0.15) is 5.26 Å². The molecule has 1 atom stereocenters. The number of nitrogens with one attached hydrogen (secondary N) is 3. The number of amides is 1. The minimum atomic E-state index is -0.272. The SMILES string of the molecule is N#CNC(=Nc1ccc(Oc2ccc(Cl)cc2)cc1)N[C@H](CC(=O)NCCN1CCCC1)Cc1ccccc1. The second kappa shape index (κ2) is 14.8. The molecule has 1 aliphatic heterocycles. The Bertz CT molecular complexity index is 1250. The quantitative estimate of drug-likeness (QED) is 0.136. The number of guanidine groups is 1. The number of benzene rings is 3. The fourth-order valence-electron chi connectivity index (χ4n) is 4.43. The van der Waals surface area contributed by atoms with Crippen LogP contribution in [-0.4, -0.2) is 49.0 Å². The van der Waals surface area contributed by atoms with Gasteiger partial charge in [-0.15, -0.1) is 0 Å². The number of aliphatic imine (C=N–C) groups is 1. The van der Waals surface area contributed by atoms with E-state index in [1.165, 1.54) is 12.8 Å². The maximum Gasteiger partial charge on any atom is 0.222 e. The number of ether oxygens (including phenoxy) is 1. The van der Waals surface area contributed by atoms with E-state index in [0.29, 0.717) is 35.2 Å². The predicted octanol–water partition coefficient (Wildman–Crippen LogP) is 4.99. The van der Waals surface area contributed by atoms with Gasteiger partial charge in [0.1, 0.15) is 11.5 Å². The van der Waals surface area contributed by atoms with E-state index in [1.54, 1.807) is 48.5 Å². The number of likely N-dealkylation sites (tertiary alicyclic amines) is 1. The molecule has 9 heteroatoms. The first kappa shape index (κ1) is 28.0. The minimum Gasteiger partial charge on any atom is -0.457 e. The number of rotatable bonds is 11. The van der Waals surface area contributed by atoms with Crippen LogP contribution in [0.2, 0.25) is 5.02 Å². The highest BCUT2D eigenvalue weighted by molar-refractivity contribution is 6.30. The van der Waals surface area contributed by atoms with Gasteiger partial charge in [0, 0.05) is 30.6 Å². The van der Waals surface area contributed by atoms with E-state index in [2.05, 4.69) is 25.8 Å². The fourth-order valence-corrected chi connectivity index (χ4v) is 4.55. The highest BCUT2D eigenvalue weighted by atomic mass is 35.5. The van der Waals surface area contributed by atoms with E-state index in [0.717, 1.165) is 25.2 Å². The van der Waals surface area contributed by atoms with Crippen molar-refractivity contribution in [3.05, 3.63) is 89.4 Å². The molecule has 3 aromatic carbocycles. The normalized spacial score (nSPS) is 14.3. The first-order valence-corrected chi connectivity index (χ1v) is 13.5. The van der Waals surface area contributed by atoms with Gasteiger partial charge in [-0.1, -0.05) is 41.9 Å². The second-order valence-corrected chi connectivity index (χ2v) is 9.82. The van der Waals surface area contributed by atoms with Crippen molar-refractivity contribution in [3.63, 3.8) is 0 Å².